The molecule has 2 aliphatic heterocycles. The average molecular weight is 394 g/mol. The zero-order valence-corrected chi connectivity index (χ0v) is 15.1. The van der Waals surface area contributed by atoms with E-state index in [0.29, 0.717) is 19.8 Å². The summed E-state index contributed by atoms with van der Waals surface area (Å²) >= 11 is 0. The van der Waals surface area contributed by atoms with Crippen LogP contribution in [0.2, 0.25) is 0 Å². The molecule has 152 valence electrons. The number of rotatable bonds is 4. The van der Waals surface area contributed by atoms with Crippen molar-refractivity contribution < 1.29 is 27.0 Å². The van der Waals surface area contributed by atoms with E-state index in [-0.39, 0.29) is 43.9 Å². The maximum Gasteiger partial charge on any atom is 0.408 e. The fourth-order valence-electron chi connectivity index (χ4n) is 3.49. The Bertz CT molecular complexity index is 740. The van der Waals surface area contributed by atoms with Crippen LogP contribution < -0.4 is 15.4 Å². The van der Waals surface area contributed by atoms with Gasteiger partial charge in [0.05, 0.1) is 25.9 Å². The smallest absolute Gasteiger partial charge is 0.383 e. The van der Waals surface area contributed by atoms with Crippen LogP contribution in [0.25, 0.3) is 0 Å². The minimum Gasteiger partial charge on any atom is -0.383 e. The van der Waals surface area contributed by atoms with Gasteiger partial charge in [-0.2, -0.15) is 22.5 Å². The quantitative estimate of drug-likeness (QED) is 0.720. The van der Waals surface area contributed by atoms with Gasteiger partial charge in [0.2, 0.25) is 11.8 Å². The summed E-state index contributed by atoms with van der Waals surface area (Å²) in [6, 6.07) is -2.06. The second-order valence-electron chi connectivity index (χ2n) is 6.66. The van der Waals surface area contributed by atoms with Gasteiger partial charge >= 0.3 is 6.18 Å². The number of morpholine rings is 1. The van der Waals surface area contributed by atoms with Crippen molar-refractivity contribution in [3.8, 4) is 0 Å². The van der Waals surface area contributed by atoms with Crippen LogP contribution in [0.5, 0.6) is 0 Å². The zero-order chi connectivity index (χ0) is 19.8. The fraction of sp³-hybridized carbons (Fsp3) is 0.750. The number of fused-ring (bicyclic) bond motifs is 1. The first-order valence-electron chi connectivity index (χ1n) is 8.72. The van der Waals surface area contributed by atoms with Crippen LogP contribution in [0.3, 0.4) is 0 Å². The summed E-state index contributed by atoms with van der Waals surface area (Å²) in [6.45, 7) is 2.37. The molecule has 1 saturated heterocycles. The van der Waals surface area contributed by atoms with Gasteiger partial charge in [-0.3, -0.25) is 9.36 Å². The number of alkyl halides is 3. The molecule has 0 saturated carbocycles. The Labute approximate surface area is 153 Å². The molecule has 1 fully saturated rings. The van der Waals surface area contributed by atoms with E-state index in [0.717, 1.165) is 9.47 Å². The summed E-state index contributed by atoms with van der Waals surface area (Å²) in [5.74, 6) is -1.46. The van der Waals surface area contributed by atoms with E-state index >= 15 is 0 Å². The standard InChI is InChI=1S/C16H22F4N4O3/c1-10-9-27-8-6-22(10)13-12(17)14(25)24-4-3-11(16(18,19)20)23(5-7-26-2)15(24)21-13/h10-11H,3-9H2,1-2H3/t10-,11+/m1/s1. The second kappa shape index (κ2) is 7.63. The Morgan fingerprint density at radius 1 is 1.33 bits per heavy atom. The molecule has 0 N–H and O–H groups in total. The molecule has 1 aromatic heterocycles. The van der Waals surface area contributed by atoms with Gasteiger partial charge < -0.3 is 19.3 Å². The van der Waals surface area contributed by atoms with Gasteiger partial charge in [-0.15, -0.1) is 0 Å². The molecule has 0 unspecified atom stereocenters. The number of halogens is 4. The van der Waals surface area contributed by atoms with Crippen molar-refractivity contribution in [2.45, 2.75) is 38.1 Å². The minimum atomic E-state index is -4.50. The maximum absolute atomic E-state index is 14.7. The number of hydrogen-bond acceptors (Lipinski definition) is 6. The molecule has 0 aliphatic carbocycles. The lowest BCUT2D eigenvalue weighted by molar-refractivity contribution is -0.153. The molecular formula is C16H22F4N4O3. The van der Waals surface area contributed by atoms with Crippen LogP contribution in [0.15, 0.2) is 4.79 Å². The predicted octanol–water partition coefficient (Wildman–Crippen LogP) is 1.39. The predicted molar refractivity (Wildman–Crippen MR) is 89.8 cm³/mol. The molecule has 0 radical (unpaired) electrons. The SMILES string of the molecule is COCCN1c2nc(N3CCOC[C@H]3C)c(F)c(=O)n2CC[C@H]1C(F)(F)F. The third-order valence-corrected chi connectivity index (χ3v) is 4.89. The molecular weight excluding hydrogens is 372 g/mol. The third kappa shape index (κ3) is 3.75. The molecule has 11 heteroatoms. The Morgan fingerprint density at radius 3 is 2.70 bits per heavy atom. The monoisotopic (exact) mass is 394 g/mol. The van der Waals surface area contributed by atoms with E-state index in [4.69, 9.17) is 9.47 Å². The van der Waals surface area contributed by atoms with Gasteiger partial charge in [0.1, 0.15) is 6.04 Å². The largest absolute Gasteiger partial charge is 0.408 e. The van der Waals surface area contributed by atoms with E-state index < -0.39 is 23.6 Å². The van der Waals surface area contributed by atoms with Crippen LogP contribution in [0, 0.1) is 5.82 Å². The van der Waals surface area contributed by atoms with Gasteiger partial charge in [-0.05, 0) is 13.3 Å². The molecule has 2 atom stereocenters. The van der Waals surface area contributed by atoms with Crippen molar-refractivity contribution in [3.05, 3.63) is 16.2 Å². The molecule has 0 amide bonds. The Balaban J connectivity index is 2.09. The van der Waals surface area contributed by atoms with Crippen molar-refractivity contribution >= 4 is 11.8 Å². The van der Waals surface area contributed by atoms with E-state index in [2.05, 4.69) is 4.98 Å². The Morgan fingerprint density at radius 2 is 2.07 bits per heavy atom. The summed E-state index contributed by atoms with van der Waals surface area (Å²) in [5, 5.41) is 0. The molecule has 27 heavy (non-hydrogen) atoms. The summed E-state index contributed by atoms with van der Waals surface area (Å²) in [4.78, 5) is 19.2. The fourth-order valence-corrected chi connectivity index (χ4v) is 3.49. The van der Waals surface area contributed by atoms with Crippen LogP contribution in [-0.2, 0) is 16.0 Å². The van der Waals surface area contributed by atoms with E-state index in [9.17, 15) is 22.4 Å². The summed E-state index contributed by atoms with van der Waals surface area (Å²) in [5.41, 5.74) is -0.961. The highest BCUT2D eigenvalue weighted by molar-refractivity contribution is 5.48. The molecule has 3 heterocycles. The number of methoxy groups -OCH3 is 1. The maximum atomic E-state index is 14.7. The molecule has 1 aromatic rings. The lowest BCUT2D eigenvalue weighted by Gasteiger charge is -2.40. The normalized spacial score (nSPS) is 23.5. The number of aromatic nitrogens is 2. The first-order valence-corrected chi connectivity index (χ1v) is 8.72. The molecule has 2 aliphatic rings. The highest BCUT2D eigenvalue weighted by Crippen LogP contribution is 2.34. The number of nitrogens with zero attached hydrogens (tertiary/aromatic N) is 4. The van der Waals surface area contributed by atoms with Crippen molar-refractivity contribution in [1.29, 1.82) is 0 Å². The van der Waals surface area contributed by atoms with Gasteiger partial charge in [0.15, 0.2) is 5.82 Å². The molecule has 3 rings (SSSR count). The topological polar surface area (TPSA) is 59.8 Å². The third-order valence-electron chi connectivity index (χ3n) is 4.89. The highest BCUT2D eigenvalue weighted by atomic mass is 19.4. The minimum absolute atomic E-state index is 0.0170. The van der Waals surface area contributed by atoms with Gasteiger partial charge in [0.25, 0.3) is 5.56 Å². The molecule has 7 nitrogen and oxygen atoms in total. The lowest BCUT2D eigenvalue weighted by atomic mass is 10.1. The zero-order valence-electron chi connectivity index (χ0n) is 15.1. The lowest BCUT2D eigenvalue weighted by Crippen LogP contribution is -2.54. The van der Waals surface area contributed by atoms with Gasteiger partial charge in [0, 0.05) is 26.7 Å². The second-order valence-corrected chi connectivity index (χ2v) is 6.66. The Kier molecular flexibility index (Phi) is 5.61. The molecule has 0 spiro atoms. The van der Waals surface area contributed by atoms with Crippen molar-refractivity contribution in [1.82, 2.24) is 9.55 Å². The van der Waals surface area contributed by atoms with Crippen molar-refractivity contribution in [3.63, 3.8) is 0 Å². The van der Waals surface area contributed by atoms with Crippen molar-refractivity contribution in [2.24, 2.45) is 0 Å². The summed E-state index contributed by atoms with van der Waals surface area (Å²) in [6.07, 6.45) is -4.86. The molecule has 0 bridgehead atoms. The van der Waals surface area contributed by atoms with Crippen LogP contribution in [0.1, 0.15) is 13.3 Å². The first-order chi connectivity index (χ1) is 12.8. The number of anilines is 2. The van der Waals surface area contributed by atoms with Gasteiger partial charge in [-0.1, -0.05) is 0 Å². The van der Waals surface area contributed by atoms with Crippen molar-refractivity contribution in [2.75, 3.05) is 49.8 Å². The van der Waals surface area contributed by atoms with Crippen LogP contribution >= 0.6 is 0 Å². The summed E-state index contributed by atoms with van der Waals surface area (Å²) in [7, 11) is 1.37. The first kappa shape index (κ1) is 19.9. The molecule has 0 aromatic carbocycles. The average Bonchev–Trinajstić information content (AvgIpc) is 2.62. The number of ether oxygens (including phenoxy) is 2. The van der Waals surface area contributed by atoms with Crippen LogP contribution in [0.4, 0.5) is 29.3 Å². The Hall–Kier alpha value is -1.88. The van der Waals surface area contributed by atoms with E-state index in [1.54, 1.807) is 11.8 Å². The summed E-state index contributed by atoms with van der Waals surface area (Å²) < 4.78 is 66.4. The van der Waals surface area contributed by atoms with Gasteiger partial charge in [-0.25, -0.2) is 0 Å². The van der Waals surface area contributed by atoms with E-state index in [1.165, 1.54) is 7.11 Å². The van der Waals surface area contributed by atoms with Crippen LogP contribution in [-0.4, -0.2) is 67.8 Å². The highest BCUT2D eigenvalue weighted by Gasteiger charge is 2.47. The van der Waals surface area contributed by atoms with E-state index in [1.807, 2.05) is 0 Å². The number of hydrogen-bond donors (Lipinski definition) is 0.